The first-order valence-electron chi connectivity index (χ1n) is 20.1. The van der Waals surface area contributed by atoms with Crippen molar-refractivity contribution in [1.82, 2.24) is 20.6 Å². The smallest absolute Gasteiger partial charge is 0.475 e. The second-order valence-electron chi connectivity index (χ2n) is 17.9. The summed E-state index contributed by atoms with van der Waals surface area (Å²) < 4.78 is 63.5. The van der Waals surface area contributed by atoms with E-state index >= 15 is 0 Å². The number of carbonyl (C=O) groups is 4. The van der Waals surface area contributed by atoms with E-state index in [1.165, 1.54) is 55.0 Å². The summed E-state index contributed by atoms with van der Waals surface area (Å²) in [5.41, 5.74) is 4.31. The standard InChI is InChI=1S/C24H28FN3O3.C19H20FN3O.C2HF3O2/c1-23(2,3)31-22(30)28-13-15-12-17(15)20-18(28)10-11-19(26-20)24(4,5)27-21(29)14-6-8-16(25)9-7-14;1-19(2,23-18(24)11-3-5-13(20)6-4-11)16-8-7-15-17(22-16)14-9-12(14)10-21-15;3-2(4,5)1(6)7/h6-11,15,17H,12-13H2,1-5H3,(H,27,29);3-8,12,14,21H,9-10H2,1-2H3,(H,23,24);(H,6,7). The first kappa shape index (κ1) is 45.4. The molecule has 12 nitrogen and oxygen atoms in total. The molecule has 2 aromatic carbocycles. The molecule has 0 saturated heterocycles. The summed E-state index contributed by atoms with van der Waals surface area (Å²) >= 11 is 0. The van der Waals surface area contributed by atoms with E-state index in [1.54, 1.807) is 4.90 Å². The van der Waals surface area contributed by atoms with Gasteiger partial charge >= 0.3 is 18.2 Å². The summed E-state index contributed by atoms with van der Waals surface area (Å²) in [6.07, 6.45) is -3.26. The van der Waals surface area contributed by atoms with Crippen LogP contribution in [0.4, 0.5) is 38.1 Å². The van der Waals surface area contributed by atoms with Crippen molar-refractivity contribution in [2.45, 2.75) is 96.0 Å². The summed E-state index contributed by atoms with van der Waals surface area (Å²) in [5, 5.41) is 16.5. The zero-order valence-electron chi connectivity index (χ0n) is 35.3. The summed E-state index contributed by atoms with van der Waals surface area (Å²) in [6.45, 7) is 14.8. The Labute approximate surface area is 355 Å². The summed E-state index contributed by atoms with van der Waals surface area (Å²) in [4.78, 5) is 58.1. The molecule has 4 unspecified atom stereocenters. The zero-order chi connectivity index (χ0) is 45.5. The Balaban J connectivity index is 0.000000183. The second-order valence-corrected chi connectivity index (χ2v) is 17.9. The first-order chi connectivity index (χ1) is 28.8. The molecule has 8 rings (SSSR count). The lowest BCUT2D eigenvalue weighted by atomic mass is 9.97. The molecule has 0 spiro atoms. The van der Waals surface area contributed by atoms with Crippen molar-refractivity contribution in [2.24, 2.45) is 11.8 Å². The molecule has 2 saturated carbocycles. The van der Waals surface area contributed by atoms with E-state index in [1.807, 2.05) is 66.7 Å². The Kier molecular flexibility index (Phi) is 12.4. The maximum atomic E-state index is 13.2. The van der Waals surface area contributed by atoms with Gasteiger partial charge in [-0.3, -0.25) is 24.5 Å². The number of halogens is 5. The van der Waals surface area contributed by atoms with Crippen LogP contribution in [0.15, 0.2) is 72.8 Å². The number of aliphatic carboxylic acids is 1. The van der Waals surface area contributed by atoms with Crippen molar-refractivity contribution in [1.29, 1.82) is 0 Å². The van der Waals surface area contributed by atoms with Crippen molar-refractivity contribution in [3.8, 4) is 0 Å². The van der Waals surface area contributed by atoms with Crippen LogP contribution in [0.3, 0.4) is 0 Å². The van der Waals surface area contributed by atoms with Gasteiger partial charge in [-0.25, -0.2) is 18.4 Å². The number of ether oxygens (including phenoxy) is 1. The van der Waals surface area contributed by atoms with Gasteiger partial charge in [-0.05, 0) is 146 Å². The summed E-state index contributed by atoms with van der Waals surface area (Å²) in [7, 11) is 0. The number of nitrogens with zero attached hydrogens (tertiary/aromatic N) is 3. The topological polar surface area (TPSA) is 163 Å². The van der Waals surface area contributed by atoms with Crippen LogP contribution < -0.4 is 20.9 Å². The molecule has 0 bridgehead atoms. The van der Waals surface area contributed by atoms with Crippen LogP contribution >= 0.6 is 0 Å². The monoisotopic (exact) mass is 864 g/mol. The minimum Gasteiger partial charge on any atom is -0.475 e. The van der Waals surface area contributed by atoms with Gasteiger partial charge in [0.05, 0.1) is 45.2 Å². The molecule has 17 heteroatoms. The predicted octanol–water partition coefficient (Wildman–Crippen LogP) is 8.79. The van der Waals surface area contributed by atoms with Crippen LogP contribution in [0.25, 0.3) is 0 Å². The molecule has 4 heterocycles. The van der Waals surface area contributed by atoms with Crippen molar-refractivity contribution in [2.75, 3.05) is 23.3 Å². The zero-order valence-corrected chi connectivity index (χ0v) is 35.3. The number of carboxylic acid groups (broad SMARTS) is 1. The number of pyridine rings is 2. The number of hydrogen-bond acceptors (Lipinski definition) is 8. The summed E-state index contributed by atoms with van der Waals surface area (Å²) in [6, 6.07) is 18.7. The Morgan fingerprint density at radius 3 is 1.63 bits per heavy atom. The highest BCUT2D eigenvalue weighted by Gasteiger charge is 2.49. The highest BCUT2D eigenvalue weighted by atomic mass is 19.4. The van der Waals surface area contributed by atoms with Gasteiger partial charge in [0.2, 0.25) is 0 Å². The fourth-order valence-electron chi connectivity index (χ4n) is 7.27. The molecule has 4 N–H and O–H groups in total. The molecule has 330 valence electrons. The van der Waals surface area contributed by atoms with Gasteiger partial charge in [0.15, 0.2) is 0 Å². The minimum absolute atomic E-state index is 0.234. The summed E-state index contributed by atoms with van der Waals surface area (Å²) in [5.74, 6) is -2.05. The van der Waals surface area contributed by atoms with E-state index in [4.69, 9.17) is 24.6 Å². The van der Waals surface area contributed by atoms with Crippen molar-refractivity contribution in [3.05, 3.63) is 118 Å². The Morgan fingerprint density at radius 2 is 1.15 bits per heavy atom. The lowest BCUT2D eigenvalue weighted by Gasteiger charge is -2.32. The number of anilines is 2. The SMILES string of the molecule is CC(C)(C)OC(=O)N1CC2CC2c2nc(C(C)(C)NC(=O)c3ccc(F)cc3)ccc21.CC(C)(NC(=O)c1ccc(F)cc1)c1ccc2c(n1)C1CC1CN2.O=C(O)C(F)(F)F. The molecule has 2 fully saturated rings. The van der Waals surface area contributed by atoms with Gasteiger partial charge in [-0.1, -0.05) is 0 Å². The third kappa shape index (κ3) is 10.8. The quantitative estimate of drug-likeness (QED) is 0.139. The van der Waals surface area contributed by atoms with Crippen molar-refractivity contribution >= 4 is 35.3 Å². The van der Waals surface area contributed by atoms with Crippen LogP contribution in [-0.2, 0) is 20.6 Å². The van der Waals surface area contributed by atoms with Gasteiger partial charge in [-0.15, -0.1) is 0 Å². The number of aromatic nitrogens is 2. The molecule has 4 aromatic rings. The fraction of sp³-hybridized carbons (Fsp3) is 0.422. The molecule has 2 aliphatic carbocycles. The third-order valence-electron chi connectivity index (χ3n) is 10.8. The average molecular weight is 865 g/mol. The molecule has 62 heavy (non-hydrogen) atoms. The first-order valence-corrected chi connectivity index (χ1v) is 20.1. The van der Waals surface area contributed by atoms with Crippen molar-refractivity contribution in [3.63, 3.8) is 0 Å². The highest BCUT2D eigenvalue weighted by Crippen LogP contribution is 2.54. The third-order valence-corrected chi connectivity index (χ3v) is 10.8. The van der Waals surface area contributed by atoms with Gasteiger partial charge in [0.25, 0.3) is 11.8 Å². The van der Waals surface area contributed by atoms with Crippen LogP contribution in [0.5, 0.6) is 0 Å². The fourth-order valence-corrected chi connectivity index (χ4v) is 7.27. The molecule has 3 amide bonds. The van der Waals surface area contributed by atoms with Gasteiger partial charge in [0.1, 0.15) is 17.2 Å². The number of benzene rings is 2. The largest absolute Gasteiger partial charge is 0.490 e. The average Bonchev–Trinajstić information content (AvgIpc) is 4.12. The number of hydrogen-bond donors (Lipinski definition) is 4. The predicted molar refractivity (Wildman–Crippen MR) is 220 cm³/mol. The molecule has 2 aromatic heterocycles. The van der Waals surface area contributed by atoms with E-state index in [-0.39, 0.29) is 29.5 Å². The molecule has 4 atom stereocenters. The molecule has 2 aliphatic heterocycles. The van der Waals surface area contributed by atoms with E-state index in [9.17, 15) is 36.3 Å². The highest BCUT2D eigenvalue weighted by molar-refractivity contribution is 5.95. The lowest BCUT2D eigenvalue weighted by Crippen LogP contribution is -2.43. The van der Waals surface area contributed by atoms with E-state index < -0.39 is 28.8 Å². The van der Waals surface area contributed by atoms with Crippen LogP contribution in [0.2, 0.25) is 0 Å². The van der Waals surface area contributed by atoms with E-state index in [2.05, 4.69) is 22.0 Å². The van der Waals surface area contributed by atoms with Crippen LogP contribution in [0, 0.1) is 23.5 Å². The number of alkyl halides is 3. The van der Waals surface area contributed by atoms with E-state index in [0.717, 1.165) is 41.4 Å². The van der Waals surface area contributed by atoms with Crippen LogP contribution in [0.1, 0.15) is 117 Å². The van der Waals surface area contributed by atoms with Gasteiger partial charge in [0, 0.05) is 36.1 Å². The molecular formula is C45H49F5N6O6. The lowest BCUT2D eigenvalue weighted by molar-refractivity contribution is -0.192. The number of rotatable bonds is 6. The maximum Gasteiger partial charge on any atom is 0.490 e. The number of carboxylic acids is 1. The Morgan fingerprint density at radius 1 is 0.694 bits per heavy atom. The maximum absolute atomic E-state index is 13.2. The molecular weight excluding hydrogens is 816 g/mol. The number of nitrogens with one attached hydrogen (secondary N) is 3. The van der Waals surface area contributed by atoms with E-state index in [0.29, 0.717) is 47.0 Å². The number of carbonyl (C=O) groups excluding carboxylic acids is 3. The Hall–Kier alpha value is -6.13. The Bertz CT molecular complexity index is 2350. The van der Waals surface area contributed by atoms with Crippen molar-refractivity contribution < 1.29 is 51.0 Å². The molecule has 4 aliphatic rings. The van der Waals surface area contributed by atoms with Gasteiger partial charge < -0.3 is 25.8 Å². The number of amides is 3. The van der Waals surface area contributed by atoms with Gasteiger partial charge in [-0.2, -0.15) is 13.2 Å². The van der Waals surface area contributed by atoms with Crippen LogP contribution in [-0.4, -0.2) is 63.8 Å². The number of fused-ring (bicyclic) bond motifs is 6. The second kappa shape index (κ2) is 17.0. The minimum atomic E-state index is -5.08. The molecule has 0 radical (unpaired) electrons. The normalized spacial score (nSPS) is 19.5.